The van der Waals surface area contributed by atoms with Crippen molar-refractivity contribution in [2.75, 3.05) is 7.11 Å². The van der Waals surface area contributed by atoms with Crippen molar-refractivity contribution in [2.24, 2.45) is 0 Å². The van der Waals surface area contributed by atoms with E-state index in [1.165, 1.54) is 5.56 Å². The molecule has 2 aromatic carbocycles. The van der Waals surface area contributed by atoms with Crippen LogP contribution in [0.25, 0.3) is 10.6 Å². The molecule has 0 aliphatic heterocycles. The summed E-state index contributed by atoms with van der Waals surface area (Å²) < 4.78 is 5.30. The van der Waals surface area contributed by atoms with Gasteiger partial charge >= 0.3 is 0 Å². The van der Waals surface area contributed by atoms with E-state index in [1.807, 2.05) is 41.8 Å². The van der Waals surface area contributed by atoms with Gasteiger partial charge in [-0.15, -0.1) is 11.3 Å². The van der Waals surface area contributed by atoms with E-state index in [0.717, 1.165) is 27.6 Å². The average Bonchev–Trinajstić information content (AvgIpc) is 3.14. The van der Waals surface area contributed by atoms with Gasteiger partial charge in [0.25, 0.3) is 0 Å². The number of methoxy groups -OCH3 is 1. The molecule has 1 N–H and O–H groups in total. The number of carbonyl (C=O) groups is 1. The maximum Gasteiger partial charge on any atom is 0.220 e. The average molecular weight is 366 g/mol. The number of nitrogens with zero attached hydrogens (tertiary/aromatic N) is 1. The van der Waals surface area contributed by atoms with Crippen LogP contribution in [0.1, 0.15) is 23.2 Å². The summed E-state index contributed by atoms with van der Waals surface area (Å²) in [5.41, 5.74) is 4.30. The zero-order valence-electron chi connectivity index (χ0n) is 15.0. The Morgan fingerprint density at radius 3 is 2.73 bits per heavy atom. The van der Waals surface area contributed by atoms with Crippen LogP contribution < -0.4 is 10.1 Å². The fourth-order valence-corrected chi connectivity index (χ4v) is 3.68. The van der Waals surface area contributed by atoms with Crippen LogP contribution in [0.5, 0.6) is 5.75 Å². The summed E-state index contributed by atoms with van der Waals surface area (Å²) in [6.07, 6.45) is 1.06. The number of carbonyl (C=O) groups excluding carboxylic acids is 1. The van der Waals surface area contributed by atoms with E-state index in [0.29, 0.717) is 19.4 Å². The minimum absolute atomic E-state index is 0.0151. The molecule has 1 heterocycles. The van der Waals surface area contributed by atoms with E-state index in [1.54, 1.807) is 18.4 Å². The fourth-order valence-electron chi connectivity index (χ4n) is 2.73. The van der Waals surface area contributed by atoms with Gasteiger partial charge in [0.2, 0.25) is 5.91 Å². The highest BCUT2D eigenvalue weighted by molar-refractivity contribution is 7.13. The zero-order chi connectivity index (χ0) is 18.4. The predicted molar refractivity (Wildman–Crippen MR) is 105 cm³/mol. The molecule has 4 nitrogen and oxygen atoms in total. The molecule has 0 radical (unpaired) electrons. The highest BCUT2D eigenvalue weighted by Crippen LogP contribution is 2.26. The van der Waals surface area contributed by atoms with Gasteiger partial charge in [0, 0.05) is 29.5 Å². The first-order valence-electron chi connectivity index (χ1n) is 8.56. The molecule has 0 saturated heterocycles. The zero-order valence-corrected chi connectivity index (χ0v) is 15.8. The monoisotopic (exact) mass is 366 g/mol. The molecule has 26 heavy (non-hydrogen) atoms. The third kappa shape index (κ3) is 4.49. The van der Waals surface area contributed by atoms with Crippen LogP contribution in [-0.2, 0) is 17.8 Å². The number of hydrogen-bond donors (Lipinski definition) is 1. The van der Waals surface area contributed by atoms with Crippen LogP contribution in [0.2, 0.25) is 0 Å². The van der Waals surface area contributed by atoms with Gasteiger partial charge in [0.1, 0.15) is 10.8 Å². The van der Waals surface area contributed by atoms with E-state index < -0.39 is 0 Å². The van der Waals surface area contributed by atoms with Crippen molar-refractivity contribution < 1.29 is 9.53 Å². The van der Waals surface area contributed by atoms with Crippen LogP contribution in [0.4, 0.5) is 0 Å². The summed E-state index contributed by atoms with van der Waals surface area (Å²) in [5, 5.41) is 5.99. The fraction of sp³-hybridized carbons (Fsp3) is 0.238. The van der Waals surface area contributed by atoms with Crippen molar-refractivity contribution >= 4 is 17.2 Å². The molecule has 3 aromatic rings. The van der Waals surface area contributed by atoms with Crippen molar-refractivity contribution in [3.05, 3.63) is 70.7 Å². The lowest BCUT2D eigenvalue weighted by Gasteiger charge is -2.09. The number of thiazole rings is 1. The lowest BCUT2D eigenvalue weighted by atomic mass is 10.1. The molecule has 0 aliphatic carbocycles. The van der Waals surface area contributed by atoms with Crippen LogP contribution in [0.15, 0.2) is 53.9 Å². The summed E-state index contributed by atoms with van der Waals surface area (Å²) >= 11 is 1.62. The number of nitrogens with one attached hydrogen (secondary N) is 1. The maximum atomic E-state index is 12.1. The highest BCUT2D eigenvalue weighted by Gasteiger charge is 2.09. The third-order valence-corrected chi connectivity index (χ3v) is 5.13. The van der Waals surface area contributed by atoms with Gasteiger partial charge in [-0.05, 0) is 25.0 Å². The van der Waals surface area contributed by atoms with Crippen molar-refractivity contribution in [2.45, 2.75) is 26.3 Å². The number of aryl methyl sites for hydroxylation is 2. The van der Waals surface area contributed by atoms with Crippen molar-refractivity contribution in [1.82, 2.24) is 10.3 Å². The van der Waals surface area contributed by atoms with Gasteiger partial charge in [0.15, 0.2) is 0 Å². The molecule has 1 amide bonds. The summed E-state index contributed by atoms with van der Waals surface area (Å²) in [4.78, 5) is 16.8. The normalized spacial score (nSPS) is 10.5. The summed E-state index contributed by atoms with van der Waals surface area (Å²) in [5.74, 6) is 0.802. The van der Waals surface area contributed by atoms with E-state index >= 15 is 0 Å². The standard InChI is InChI=1S/C21H22N2O2S/c1-15-7-3-5-9-18(15)21-23-17(14-26-21)11-12-20(24)22-13-16-8-4-6-10-19(16)25-2/h3-10,14H,11-13H2,1-2H3,(H,22,24). The largest absolute Gasteiger partial charge is 0.496 e. The second-order valence-electron chi connectivity index (χ2n) is 6.05. The van der Waals surface area contributed by atoms with E-state index in [4.69, 9.17) is 4.74 Å². The molecule has 0 unspecified atom stereocenters. The van der Waals surface area contributed by atoms with E-state index in [-0.39, 0.29) is 5.91 Å². The van der Waals surface area contributed by atoms with Crippen molar-refractivity contribution in [3.63, 3.8) is 0 Å². The van der Waals surface area contributed by atoms with Gasteiger partial charge < -0.3 is 10.1 Å². The van der Waals surface area contributed by atoms with Crippen LogP contribution in [0.3, 0.4) is 0 Å². The number of rotatable bonds is 7. The molecule has 0 atom stereocenters. The Balaban J connectivity index is 1.53. The number of hydrogen-bond acceptors (Lipinski definition) is 4. The second-order valence-corrected chi connectivity index (χ2v) is 6.91. The number of amides is 1. The summed E-state index contributed by atoms with van der Waals surface area (Å²) in [7, 11) is 1.63. The van der Waals surface area contributed by atoms with E-state index in [9.17, 15) is 4.79 Å². The molecule has 0 fully saturated rings. The highest BCUT2D eigenvalue weighted by atomic mass is 32.1. The molecule has 134 valence electrons. The quantitative estimate of drug-likeness (QED) is 0.675. The Kier molecular flexibility index (Phi) is 6.02. The molecule has 0 spiro atoms. The Hall–Kier alpha value is -2.66. The smallest absolute Gasteiger partial charge is 0.220 e. The summed E-state index contributed by atoms with van der Waals surface area (Å²) in [6.45, 7) is 2.55. The topological polar surface area (TPSA) is 51.2 Å². The second kappa shape index (κ2) is 8.63. The maximum absolute atomic E-state index is 12.1. The van der Waals surface area contributed by atoms with Gasteiger partial charge in [0.05, 0.1) is 12.8 Å². The number of benzene rings is 2. The Bertz CT molecular complexity index is 889. The van der Waals surface area contributed by atoms with Gasteiger partial charge in [-0.2, -0.15) is 0 Å². The Morgan fingerprint density at radius 1 is 1.15 bits per heavy atom. The molecule has 3 rings (SSSR count). The molecule has 0 bridgehead atoms. The molecular formula is C21H22N2O2S. The first kappa shape index (κ1) is 18.1. The SMILES string of the molecule is COc1ccccc1CNC(=O)CCc1csc(-c2ccccc2C)n1. The lowest BCUT2D eigenvalue weighted by molar-refractivity contribution is -0.121. The van der Waals surface area contributed by atoms with Crippen molar-refractivity contribution in [1.29, 1.82) is 0 Å². The molecule has 1 aromatic heterocycles. The van der Waals surface area contributed by atoms with Crippen LogP contribution >= 0.6 is 11.3 Å². The van der Waals surface area contributed by atoms with Gasteiger partial charge in [-0.25, -0.2) is 4.98 Å². The number of aromatic nitrogens is 1. The number of para-hydroxylation sites is 1. The predicted octanol–water partition coefficient (Wildman–Crippen LogP) is 4.38. The Labute approximate surface area is 157 Å². The Morgan fingerprint density at radius 2 is 1.92 bits per heavy atom. The first-order chi connectivity index (χ1) is 12.7. The first-order valence-corrected chi connectivity index (χ1v) is 9.44. The summed E-state index contributed by atoms with van der Waals surface area (Å²) in [6, 6.07) is 15.9. The van der Waals surface area contributed by atoms with Crippen LogP contribution in [-0.4, -0.2) is 18.0 Å². The minimum atomic E-state index is 0.0151. The van der Waals surface area contributed by atoms with E-state index in [2.05, 4.69) is 29.4 Å². The van der Waals surface area contributed by atoms with Crippen molar-refractivity contribution in [3.8, 4) is 16.3 Å². The van der Waals surface area contributed by atoms with Gasteiger partial charge in [-0.1, -0.05) is 42.5 Å². The molecule has 5 heteroatoms. The minimum Gasteiger partial charge on any atom is -0.496 e. The lowest BCUT2D eigenvalue weighted by Crippen LogP contribution is -2.23. The van der Waals surface area contributed by atoms with Crippen LogP contribution in [0, 0.1) is 6.92 Å². The van der Waals surface area contributed by atoms with Gasteiger partial charge in [-0.3, -0.25) is 4.79 Å². The molecular weight excluding hydrogens is 344 g/mol. The molecule has 0 aliphatic rings. The third-order valence-electron chi connectivity index (χ3n) is 4.20. The number of ether oxygens (including phenoxy) is 1. The molecule has 0 saturated carbocycles.